The fraction of sp³-hybridized carbons (Fsp3) is 0.273. The zero-order valence-corrected chi connectivity index (χ0v) is 17.6. The number of nitrogens with one attached hydrogen (secondary N) is 1. The lowest BCUT2D eigenvalue weighted by molar-refractivity contribution is -0.117. The van der Waals surface area contributed by atoms with Crippen molar-refractivity contribution in [3.05, 3.63) is 64.7 Å². The third kappa shape index (κ3) is 4.18. The van der Waals surface area contributed by atoms with E-state index < -0.39 is 0 Å². The van der Waals surface area contributed by atoms with E-state index in [0.29, 0.717) is 30.3 Å². The van der Waals surface area contributed by atoms with E-state index >= 15 is 0 Å². The van der Waals surface area contributed by atoms with Gasteiger partial charge in [-0.2, -0.15) is 0 Å². The number of aryl methyl sites for hydroxylation is 1. The monoisotopic (exact) mass is 422 g/mol. The van der Waals surface area contributed by atoms with Gasteiger partial charge < -0.3 is 9.64 Å². The van der Waals surface area contributed by atoms with Crippen molar-refractivity contribution in [1.82, 2.24) is 10.2 Å². The van der Waals surface area contributed by atoms with Crippen LogP contribution in [0.5, 0.6) is 5.75 Å². The van der Waals surface area contributed by atoms with Gasteiger partial charge in [-0.25, -0.2) is 0 Å². The molecule has 0 bridgehead atoms. The van der Waals surface area contributed by atoms with Crippen molar-refractivity contribution in [2.24, 2.45) is 0 Å². The molecule has 1 atom stereocenters. The zero-order chi connectivity index (χ0) is 21.1. The van der Waals surface area contributed by atoms with E-state index in [1.54, 1.807) is 29.2 Å². The summed E-state index contributed by atoms with van der Waals surface area (Å²) in [6, 6.07) is 14.8. The normalized spacial score (nSPS) is 16.0. The molecule has 1 aromatic heterocycles. The molecule has 1 aliphatic heterocycles. The molecular formula is C22H22N4O3S. The maximum Gasteiger partial charge on any atom is 0.257 e. The van der Waals surface area contributed by atoms with Crippen LogP contribution in [-0.4, -0.2) is 35.2 Å². The average Bonchev–Trinajstić information content (AvgIpc) is 3.36. The number of carbonyl (C=O) groups excluding carboxylic acids is 2. The van der Waals surface area contributed by atoms with Crippen molar-refractivity contribution in [2.75, 3.05) is 23.4 Å². The molecule has 30 heavy (non-hydrogen) atoms. The van der Waals surface area contributed by atoms with E-state index in [4.69, 9.17) is 4.74 Å². The second-order valence-corrected chi connectivity index (χ2v) is 8.06. The van der Waals surface area contributed by atoms with Crippen LogP contribution < -0.4 is 15.0 Å². The van der Waals surface area contributed by atoms with E-state index in [0.717, 1.165) is 22.0 Å². The number of nitrogens with zero attached hydrogens (tertiary/aromatic N) is 3. The Bertz CT molecular complexity index is 1060. The fourth-order valence-electron chi connectivity index (χ4n) is 3.46. The summed E-state index contributed by atoms with van der Waals surface area (Å²) in [6.45, 7) is 5.04. The van der Waals surface area contributed by atoms with Gasteiger partial charge in [0.25, 0.3) is 5.91 Å². The Balaban J connectivity index is 1.42. The van der Waals surface area contributed by atoms with Crippen LogP contribution in [-0.2, 0) is 4.79 Å². The molecule has 7 nitrogen and oxygen atoms in total. The second-order valence-electron chi connectivity index (χ2n) is 7.05. The number of ether oxygens (including phenoxy) is 1. The molecule has 154 valence electrons. The predicted octanol–water partition coefficient (Wildman–Crippen LogP) is 4.02. The van der Waals surface area contributed by atoms with Crippen LogP contribution in [0, 0.1) is 6.92 Å². The molecule has 2 heterocycles. The molecule has 1 saturated heterocycles. The van der Waals surface area contributed by atoms with Crippen LogP contribution in [0.4, 0.5) is 10.8 Å². The van der Waals surface area contributed by atoms with Gasteiger partial charge in [0.15, 0.2) is 0 Å². The Morgan fingerprint density at radius 3 is 2.70 bits per heavy atom. The van der Waals surface area contributed by atoms with Gasteiger partial charge in [-0.3, -0.25) is 14.9 Å². The number of para-hydroxylation sites is 1. The molecule has 4 rings (SSSR count). The molecule has 3 aromatic rings. The minimum Gasteiger partial charge on any atom is -0.494 e. The molecule has 2 amide bonds. The summed E-state index contributed by atoms with van der Waals surface area (Å²) >= 11 is 1.31. The van der Waals surface area contributed by atoms with E-state index in [-0.39, 0.29) is 17.7 Å². The summed E-state index contributed by atoms with van der Waals surface area (Å²) in [5, 5.41) is 12.3. The topological polar surface area (TPSA) is 84.4 Å². The molecule has 2 aromatic carbocycles. The van der Waals surface area contributed by atoms with Gasteiger partial charge in [-0.05, 0) is 49.7 Å². The van der Waals surface area contributed by atoms with Crippen LogP contribution >= 0.6 is 11.3 Å². The first-order valence-electron chi connectivity index (χ1n) is 9.78. The molecule has 1 N–H and O–H groups in total. The second kappa shape index (κ2) is 8.62. The molecule has 0 aliphatic carbocycles. The first-order valence-corrected chi connectivity index (χ1v) is 10.6. The van der Waals surface area contributed by atoms with Crippen LogP contribution in [0.1, 0.15) is 40.2 Å². The summed E-state index contributed by atoms with van der Waals surface area (Å²) in [5.41, 5.74) is 2.50. The minimum atomic E-state index is -0.259. The lowest BCUT2D eigenvalue weighted by atomic mass is 10.1. The highest BCUT2D eigenvalue weighted by molar-refractivity contribution is 7.15. The van der Waals surface area contributed by atoms with Crippen LogP contribution in [0.15, 0.2) is 48.5 Å². The van der Waals surface area contributed by atoms with Gasteiger partial charge in [0.05, 0.1) is 6.61 Å². The van der Waals surface area contributed by atoms with E-state index in [9.17, 15) is 9.59 Å². The summed E-state index contributed by atoms with van der Waals surface area (Å²) in [7, 11) is 0. The van der Waals surface area contributed by atoms with Crippen molar-refractivity contribution in [3.63, 3.8) is 0 Å². The van der Waals surface area contributed by atoms with Gasteiger partial charge >= 0.3 is 0 Å². The number of benzene rings is 2. The largest absolute Gasteiger partial charge is 0.494 e. The van der Waals surface area contributed by atoms with Crippen LogP contribution in [0.3, 0.4) is 0 Å². The van der Waals surface area contributed by atoms with Gasteiger partial charge in [-0.1, -0.05) is 29.5 Å². The highest BCUT2D eigenvalue weighted by Gasteiger charge is 2.34. The molecule has 1 fully saturated rings. The number of hydrogen-bond donors (Lipinski definition) is 1. The molecule has 0 unspecified atom stereocenters. The predicted molar refractivity (Wildman–Crippen MR) is 116 cm³/mol. The van der Waals surface area contributed by atoms with E-state index in [1.165, 1.54) is 11.3 Å². The zero-order valence-electron chi connectivity index (χ0n) is 16.8. The van der Waals surface area contributed by atoms with E-state index in [2.05, 4.69) is 15.5 Å². The first kappa shape index (κ1) is 20.0. The smallest absolute Gasteiger partial charge is 0.257 e. The number of aromatic nitrogens is 2. The summed E-state index contributed by atoms with van der Waals surface area (Å²) in [4.78, 5) is 26.8. The van der Waals surface area contributed by atoms with Crippen molar-refractivity contribution >= 4 is 34.0 Å². The third-order valence-corrected chi connectivity index (χ3v) is 5.97. The van der Waals surface area contributed by atoms with Crippen molar-refractivity contribution < 1.29 is 14.3 Å². The maximum atomic E-state index is 12.6. The Morgan fingerprint density at radius 1 is 1.20 bits per heavy atom. The standard InChI is InChI=1S/C22H22N4O3S/c1-3-29-17-10-8-15(9-11-17)20(28)23-22-25-24-21(30-22)16-12-19(27)26(13-16)18-7-5-4-6-14(18)2/h4-11,16H,3,12-13H2,1-2H3,(H,23,25,28)/t16-/m0/s1. The van der Waals surface area contributed by atoms with Crippen molar-refractivity contribution in [2.45, 2.75) is 26.2 Å². The quantitative estimate of drug-likeness (QED) is 0.649. The molecule has 8 heteroatoms. The summed E-state index contributed by atoms with van der Waals surface area (Å²) < 4.78 is 5.39. The number of rotatable bonds is 6. The SMILES string of the molecule is CCOc1ccc(C(=O)Nc2nnc([C@H]3CC(=O)N(c4ccccc4C)C3)s2)cc1. The molecular weight excluding hydrogens is 400 g/mol. The minimum absolute atomic E-state index is 0.0364. The molecule has 0 radical (unpaired) electrons. The molecule has 1 aliphatic rings. The van der Waals surface area contributed by atoms with Gasteiger partial charge in [0.2, 0.25) is 11.0 Å². The number of carbonyl (C=O) groups is 2. The fourth-order valence-corrected chi connectivity index (χ4v) is 4.29. The summed E-state index contributed by atoms with van der Waals surface area (Å²) in [5.74, 6) is 0.497. The highest BCUT2D eigenvalue weighted by atomic mass is 32.1. The van der Waals surface area contributed by atoms with Crippen LogP contribution in [0.25, 0.3) is 0 Å². The Morgan fingerprint density at radius 2 is 1.97 bits per heavy atom. The molecule has 0 spiro atoms. The Hall–Kier alpha value is -3.26. The first-order chi connectivity index (χ1) is 14.5. The highest BCUT2D eigenvalue weighted by Crippen LogP contribution is 2.35. The van der Waals surface area contributed by atoms with Gasteiger partial charge in [-0.15, -0.1) is 10.2 Å². The molecule has 0 saturated carbocycles. The number of anilines is 2. The number of hydrogen-bond acceptors (Lipinski definition) is 6. The average molecular weight is 423 g/mol. The lowest BCUT2D eigenvalue weighted by Gasteiger charge is -2.18. The van der Waals surface area contributed by atoms with E-state index in [1.807, 2.05) is 38.1 Å². The Kier molecular flexibility index (Phi) is 5.76. The Labute approximate surface area is 178 Å². The van der Waals surface area contributed by atoms with Crippen LogP contribution in [0.2, 0.25) is 0 Å². The van der Waals surface area contributed by atoms with Gasteiger partial charge in [0, 0.05) is 30.1 Å². The maximum absolute atomic E-state index is 12.6. The summed E-state index contributed by atoms with van der Waals surface area (Å²) in [6.07, 6.45) is 0.385. The van der Waals surface area contributed by atoms with Crippen molar-refractivity contribution in [1.29, 1.82) is 0 Å². The van der Waals surface area contributed by atoms with Crippen molar-refractivity contribution in [3.8, 4) is 5.75 Å². The lowest BCUT2D eigenvalue weighted by Crippen LogP contribution is -2.25. The third-order valence-electron chi connectivity index (χ3n) is 4.97. The number of amides is 2. The van der Waals surface area contributed by atoms with Gasteiger partial charge in [0.1, 0.15) is 10.8 Å².